The fraction of sp³-hybridized carbons (Fsp3) is 0.636. The monoisotopic (exact) mass is 195 g/mol. The minimum Gasteiger partial charge on any atom is -0.292 e. The predicted molar refractivity (Wildman–Crippen MR) is 54.5 cm³/mol. The van der Waals surface area contributed by atoms with Crippen molar-refractivity contribution in [1.82, 2.24) is 5.32 Å². The van der Waals surface area contributed by atoms with E-state index >= 15 is 0 Å². The van der Waals surface area contributed by atoms with E-state index in [1.165, 1.54) is 0 Å². The lowest BCUT2D eigenvalue weighted by atomic mass is 9.81. The van der Waals surface area contributed by atoms with Crippen molar-refractivity contribution in [1.29, 1.82) is 0 Å². The molecule has 0 saturated carbocycles. The van der Waals surface area contributed by atoms with Gasteiger partial charge in [0.05, 0.1) is 6.42 Å². The Kier molecular flexibility index (Phi) is 2.79. The highest BCUT2D eigenvalue weighted by atomic mass is 16.2. The highest BCUT2D eigenvalue weighted by molar-refractivity contribution is 6.13. The second-order valence-electron chi connectivity index (χ2n) is 4.90. The number of hydrogen-bond donors (Lipinski definition) is 1. The Morgan fingerprint density at radius 1 is 1.36 bits per heavy atom. The van der Waals surface area contributed by atoms with Crippen LogP contribution in [0, 0.1) is 11.3 Å². The quantitative estimate of drug-likeness (QED) is 0.510. The molecule has 1 rings (SSSR count). The van der Waals surface area contributed by atoms with Crippen molar-refractivity contribution >= 4 is 11.8 Å². The minimum atomic E-state index is -0.230. The third-order valence-electron chi connectivity index (χ3n) is 2.71. The maximum Gasteiger partial charge on any atom is 0.253 e. The van der Waals surface area contributed by atoms with Crippen LogP contribution in [0.1, 0.15) is 34.1 Å². The summed E-state index contributed by atoms with van der Waals surface area (Å²) in [6.45, 7) is 8.40. The number of carbonyl (C=O) groups excluding carboxylic acids is 2. The summed E-state index contributed by atoms with van der Waals surface area (Å²) >= 11 is 0. The van der Waals surface area contributed by atoms with Crippen LogP contribution in [0.3, 0.4) is 0 Å². The second kappa shape index (κ2) is 3.56. The van der Waals surface area contributed by atoms with Gasteiger partial charge < -0.3 is 0 Å². The van der Waals surface area contributed by atoms with E-state index in [1.54, 1.807) is 0 Å². The molecule has 2 amide bonds. The molecule has 1 atom stereocenters. The highest BCUT2D eigenvalue weighted by Gasteiger charge is 2.26. The molecule has 1 unspecified atom stereocenters. The number of hydrogen-bond acceptors (Lipinski definition) is 2. The molecule has 0 aliphatic carbocycles. The van der Waals surface area contributed by atoms with Crippen LogP contribution in [0.5, 0.6) is 0 Å². The molecular formula is C11H17NO2. The fourth-order valence-corrected chi connectivity index (χ4v) is 1.19. The first-order valence-corrected chi connectivity index (χ1v) is 4.85. The summed E-state index contributed by atoms with van der Waals surface area (Å²) < 4.78 is 0. The molecule has 1 aliphatic rings. The molecule has 0 aromatic rings. The predicted octanol–water partition coefficient (Wildman–Crippen LogP) is 1.64. The molecule has 1 aliphatic heterocycles. The Balaban J connectivity index is 2.79. The SMILES string of the molecule is CC(/C=C1/CC(=O)NC1=O)C(C)(C)C. The zero-order chi connectivity index (χ0) is 10.9. The Labute approximate surface area is 84.6 Å². The molecule has 14 heavy (non-hydrogen) atoms. The van der Waals surface area contributed by atoms with Crippen LogP contribution in [0.15, 0.2) is 11.6 Å². The van der Waals surface area contributed by atoms with Gasteiger partial charge in [-0.3, -0.25) is 14.9 Å². The molecule has 1 saturated heterocycles. The van der Waals surface area contributed by atoms with Crippen molar-refractivity contribution in [3.8, 4) is 0 Å². The van der Waals surface area contributed by atoms with E-state index in [4.69, 9.17) is 0 Å². The third kappa shape index (κ3) is 2.44. The van der Waals surface area contributed by atoms with E-state index < -0.39 is 0 Å². The molecule has 3 nitrogen and oxygen atoms in total. The summed E-state index contributed by atoms with van der Waals surface area (Å²) in [5.74, 6) is -0.136. The van der Waals surface area contributed by atoms with Crippen LogP contribution >= 0.6 is 0 Å². The number of imide groups is 1. The molecule has 1 heterocycles. The van der Waals surface area contributed by atoms with E-state index in [-0.39, 0.29) is 29.6 Å². The fourth-order valence-electron chi connectivity index (χ4n) is 1.19. The van der Waals surface area contributed by atoms with Crippen molar-refractivity contribution in [3.63, 3.8) is 0 Å². The van der Waals surface area contributed by atoms with Crippen molar-refractivity contribution in [2.45, 2.75) is 34.1 Å². The Bertz CT molecular complexity index is 297. The first-order chi connectivity index (χ1) is 6.30. The lowest BCUT2D eigenvalue weighted by molar-refractivity contribution is -0.124. The molecule has 0 bridgehead atoms. The zero-order valence-electron chi connectivity index (χ0n) is 9.18. The standard InChI is InChI=1S/C11H17NO2/c1-7(11(2,3)4)5-8-6-9(13)12-10(8)14/h5,7H,6H2,1-4H3,(H,12,13,14)/b8-5-. The van der Waals surface area contributed by atoms with Gasteiger partial charge in [0.15, 0.2) is 0 Å². The molecule has 0 aromatic heterocycles. The van der Waals surface area contributed by atoms with Gasteiger partial charge >= 0.3 is 0 Å². The van der Waals surface area contributed by atoms with Crippen LogP contribution in [-0.4, -0.2) is 11.8 Å². The smallest absolute Gasteiger partial charge is 0.253 e. The Hall–Kier alpha value is -1.12. The maximum absolute atomic E-state index is 11.2. The molecule has 1 fully saturated rings. The van der Waals surface area contributed by atoms with Crippen molar-refractivity contribution in [2.75, 3.05) is 0 Å². The van der Waals surface area contributed by atoms with Gasteiger partial charge in [0.25, 0.3) is 5.91 Å². The number of rotatable bonds is 1. The minimum absolute atomic E-state index is 0.124. The van der Waals surface area contributed by atoms with E-state index in [1.807, 2.05) is 6.08 Å². The van der Waals surface area contributed by atoms with Gasteiger partial charge in [-0.2, -0.15) is 0 Å². The zero-order valence-corrected chi connectivity index (χ0v) is 9.18. The van der Waals surface area contributed by atoms with Gasteiger partial charge in [0.1, 0.15) is 0 Å². The van der Waals surface area contributed by atoms with Gasteiger partial charge in [-0.25, -0.2) is 0 Å². The molecule has 3 heteroatoms. The van der Waals surface area contributed by atoms with Crippen LogP contribution in [0.4, 0.5) is 0 Å². The average Bonchev–Trinajstić information content (AvgIpc) is 2.28. The van der Waals surface area contributed by atoms with Crippen LogP contribution in [0.2, 0.25) is 0 Å². The molecule has 0 aromatic carbocycles. The maximum atomic E-state index is 11.2. The summed E-state index contributed by atoms with van der Waals surface area (Å²) in [6.07, 6.45) is 2.14. The van der Waals surface area contributed by atoms with Gasteiger partial charge in [-0.1, -0.05) is 33.8 Å². The molecule has 78 valence electrons. The number of allylic oxidation sites excluding steroid dienone is 1. The largest absolute Gasteiger partial charge is 0.292 e. The summed E-state index contributed by atoms with van der Waals surface area (Å²) in [5, 5.41) is 2.28. The normalized spacial score (nSPS) is 22.7. The molecular weight excluding hydrogens is 178 g/mol. The second-order valence-corrected chi connectivity index (χ2v) is 4.90. The van der Waals surface area contributed by atoms with Crippen LogP contribution < -0.4 is 5.32 Å². The number of amides is 2. The first-order valence-electron chi connectivity index (χ1n) is 4.85. The van der Waals surface area contributed by atoms with Gasteiger partial charge in [0.2, 0.25) is 5.91 Å². The third-order valence-corrected chi connectivity index (χ3v) is 2.71. The average molecular weight is 195 g/mol. The Morgan fingerprint density at radius 3 is 2.29 bits per heavy atom. The lowest BCUT2D eigenvalue weighted by Gasteiger charge is -2.24. The van der Waals surface area contributed by atoms with Crippen LogP contribution in [-0.2, 0) is 9.59 Å². The van der Waals surface area contributed by atoms with Crippen molar-refractivity contribution in [3.05, 3.63) is 11.6 Å². The highest BCUT2D eigenvalue weighted by Crippen LogP contribution is 2.28. The molecule has 0 spiro atoms. The van der Waals surface area contributed by atoms with E-state index in [0.29, 0.717) is 5.57 Å². The number of nitrogens with one attached hydrogen (secondary N) is 1. The Morgan fingerprint density at radius 2 is 1.93 bits per heavy atom. The number of carbonyl (C=O) groups is 2. The summed E-state index contributed by atoms with van der Waals surface area (Å²) in [6, 6.07) is 0. The van der Waals surface area contributed by atoms with Gasteiger partial charge in [-0.15, -0.1) is 0 Å². The van der Waals surface area contributed by atoms with Crippen molar-refractivity contribution < 1.29 is 9.59 Å². The van der Waals surface area contributed by atoms with Crippen LogP contribution in [0.25, 0.3) is 0 Å². The van der Waals surface area contributed by atoms with E-state index in [9.17, 15) is 9.59 Å². The van der Waals surface area contributed by atoms with E-state index in [2.05, 4.69) is 33.0 Å². The molecule has 1 N–H and O–H groups in total. The topological polar surface area (TPSA) is 46.2 Å². The first kappa shape index (κ1) is 11.0. The summed E-state index contributed by atoms with van der Waals surface area (Å²) in [5.41, 5.74) is 0.733. The van der Waals surface area contributed by atoms with Gasteiger partial charge in [-0.05, 0) is 11.3 Å². The van der Waals surface area contributed by atoms with Gasteiger partial charge in [0, 0.05) is 5.57 Å². The molecule has 0 radical (unpaired) electrons. The van der Waals surface area contributed by atoms with Crippen molar-refractivity contribution in [2.24, 2.45) is 11.3 Å². The summed E-state index contributed by atoms with van der Waals surface area (Å²) in [4.78, 5) is 22.2. The lowest BCUT2D eigenvalue weighted by Crippen LogP contribution is -2.20. The van der Waals surface area contributed by atoms with E-state index in [0.717, 1.165) is 0 Å². The summed E-state index contributed by atoms with van der Waals surface area (Å²) in [7, 11) is 0.